The van der Waals surface area contributed by atoms with Gasteiger partial charge in [-0.15, -0.1) is 0 Å². The van der Waals surface area contributed by atoms with Crippen molar-refractivity contribution >= 4 is 45.7 Å². The highest BCUT2D eigenvalue weighted by atomic mass is 32.1. The fraction of sp³-hybridized carbons (Fsp3) is 0.211. The van der Waals surface area contributed by atoms with Crippen LogP contribution in [-0.4, -0.2) is 41.4 Å². The van der Waals surface area contributed by atoms with Gasteiger partial charge in [-0.2, -0.15) is 4.98 Å². The summed E-state index contributed by atoms with van der Waals surface area (Å²) in [6.45, 7) is 2.94. The first-order valence-corrected chi connectivity index (χ1v) is 8.93. The van der Waals surface area contributed by atoms with Gasteiger partial charge in [-0.3, -0.25) is 0 Å². The number of anilines is 3. The van der Waals surface area contributed by atoms with Crippen LogP contribution in [0.5, 0.6) is 0 Å². The lowest BCUT2D eigenvalue weighted by molar-refractivity contribution is 0.122. The maximum absolute atomic E-state index is 5.46. The molecule has 26 heavy (non-hydrogen) atoms. The molecule has 0 bridgehead atoms. The van der Waals surface area contributed by atoms with Crippen molar-refractivity contribution in [2.45, 2.75) is 0 Å². The zero-order valence-corrected chi connectivity index (χ0v) is 15.0. The summed E-state index contributed by atoms with van der Waals surface area (Å²) in [7, 11) is 0. The zero-order chi connectivity index (χ0) is 17.8. The molecule has 3 aromatic rings. The Bertz CT molecular complexity index is 912. The van der Waals surface area contributed by atoms with E-state index in [-0.39, 0.29) is 0 Å². The lowest BCUT2D eigenvalue weighted by atomic mass is 10.2. The van der Waals surface area contributed by atoms with Gasteiger partial charge in [0.25, 0.3) is 0 Å². The molecule has 0 saturated carbocycles. The first-order chi connectivity index (χ1) is 12.8. The molecule has 2 aromatic carbocycles. The SMILES string of the molecule is S=C(Nc1ccccc1)Nc1nc(N2CCOCC2)nc2ccccc12. The highest BCUT2D eigenvalue weighted by Crippen LogP contribution is 2.24. The van der Waals surface area contributed by atoms with Crippen LogP contribution in [0.15, 0.2) is 54.6 Å². The van der Waals surface area contributed by atoms with Crippen molar-refractivity contribution in [3.05, 3.63) is 54.6 Å². The standard InChI is InChI=1S/C19H19N5OS/c26-19(20-14-6-2-1-3-7-14)23-17-15-8-4-5-9-16(15)21-18(22-17)24-10-12-25-13-11-24/h1-9H,10-13H2,(H2,20,21,22,23,26). The third-order valence-corrected chi connectivity index (χ3v) is 4.35. The summed E-state index contributed by atoms with van der Waals surface area (Å²) >= 11 is 5.46. The highest BCUT2D eigenvalue weighted by molar-refractivity contribution is 7.80. The van der Waals surface area contributed by atoms with E-state index in [4.69, 9.17) is 26.9 Å². The number of nitrogens with one attached hydrogen (secondary N) is 2. The number of rotatable bonds is 3. The van der Waals surface area contributed by atoms with Gasteiger partial charge in [0.1, 0.15) is 5.82 Å². The molecule has 0 amide bonds. The molecule has 0 unspecified atom stereocenters. The minimum absolute atomic E-state index is 0.494. The van der Waals surface area contributed by atoms with Gasteiger partial charge in [-0.25, -0.2) is 4.98 Å². The highest BCUT2D eigenvalue weighted by Gasteiger charge is 2.17. The van der Waals surface area contributed by atoms with Gasteiger partial charge in [0.2, 0.25) is 5.95 Å². The van der Waals surface area contributed by atoms with Crippen LogP contribution >= 0.6 is 12.2 Å². The van der Waals surface area contributed by atoms with E-state index in [9.17, 15) is 0 Å². The minimum atomic E-state index is 0.494. The van der Waals surface area contributed by atoms with Crippen LogP contribution in [0, 0.1) is 0 Å². The summed E-state index contributed by atoms with van der Waals surface area (Å²) in [5.41, 5.74) is 1.81. The molecule has 1 saturated heterocycles. The van der Waals surface area contributed by atoms with Crippen LogP contribution in [0.4, 0.5) is 17.5 Å². The lowest BCUT2D eigenvalue weighted by Gasteiger charge is -2.27. The summed E-state index contributed by atoms with van der Waals surface area (Å²) < 4.78 is 5.43. The molecule has 1 fully saturated rings. The van der Waals surface area contributed by atoms with Crippen molar-refractivity contribution in [2.24, 2.45) is 0 Å². The fourth-order valence-electron chi connectivity index (χ4n) is 2.86. The quantitative estimate of drug-likeness (QED) is 0.691. The molecule has 2 N–H and O–H groups in total. The van der Waals surface area contributed by atoms with E-state index in [2.05, 4.69) is 15.5 Å². The molecule has 0 radical (unpaired) electrons. The van der Waals surface area contributed by atoms with E-state index in [1.165, 1.54) is 0 Å². The monoisotopic (exact) mass is 365 g/mol. The number of nitrogens with zero attached hydrogens (tertiary/aromatic N) is 3. The van der Waals surface area contributed by atoms with Gasteiger partial charge >= 0.3 is 0 Å². The second-order valence-corrected chi connectivity index (χ2v) is 6.34. The zero-order valence-electron chi connectivity index (χ0n) is 14.2. The Morgan fingerprint density at radius 2 is 1.65 bits per heavy atom. The third kappa shape index (κ3) is 3.74. The van der Waals surface area contributed by atoms with E-state index in [0.717, 1.165) is 29.7 Å². The summed E-state index contributed by atoms with van der Waals surface area (Å²) in [5, 5.41) is 7.83. The molecule has 4 rings (SSSR count). The van der Waals surface area contributed by atoms with E-state index in [0.29, 0.717) is 30.1 Å². The van der Waals surface area contributed by atoms with Crippen LogP contribution in [0.1, 0.15) is 0 Å². The van der Waals surface area contributed by atoms with Crippen molar-refractivity contribution in [3.8, 4) is 0 Å². The molecule has 0 spiro atoms. The maximum Gasteiger partial charge on any atom is 0.228 e. The summed E-state index contributed by atoms with van der Waals surface area (Å²) in [5.74, 6) is 1.39. The van der Waals surface area contributed by atoms with E-state index in [1.807, 2.05) is 54.6 Å². The largest absolute Gasteiger partial charge is 0.378 e. The van der Waals surface area contributed by atoms with Gasteiger partial charge in [0, 0.05) is 24.2 Å². The Morgan fingerprint density at radius 1 is 0.923 bits per heavy atom. The number of para-hydroxylation sites is 2. The minimum Gasteiger partial charge on any atom is -0.378 e. The van der Waals surface area contributed by atoms with Crippen LogP contribution in [0.25, 0.3) is 10.9 Å². The molecular formula is C19H19N5OS. The normalized spacial score (nSPS) is 14.2. The number of aromatic nitrogens is 2. The molecule has 1 aliphatic rings. The summed E-state index contributed by atoms with van der Waals surface area (Å²) in [6.07, 6.45) is 0. The first-order valence-electron chi connectivity index (χ1n) is 8.52. The van der Waals surface area contributed by atoms with Crippen LogP contribution in [-0.2, 0) is 4.74 Å². The Morgan fingerprint density at radius 3 is 2.46 bits per heavy atom. The lowest BCUT2D eigenvalue weighted by Crippen LogP contribution is -2.37. The third-order valence-electron chi connectivity index (χ3n) is 4.15. The maximum atomic E-state index is 5.46. The Kier molecular flexibility index (Phi) is 4.90. The number of morpholine rings is 1. The van der Waals surface area contributed by atoms with Crippen LogP contribution < -0.4 is 15.5 Å². The predicted molar refractivity (Wildman–Crippen MR) is 109 cm³/mol. The van der Waals surface area contributed by atoms with Crippen LogP contribution in [0.3, 0.4) is 0 Å². The van der Waals surface area contributed by atoms with Crippen molar-refractivity contribution < 1.29 is 4.74 Å². The smallest absolute Gasteiger partial charge is 0.228 e. The number of hydrogen-bond donors (Lipinski definition) is 2. The Labute approximate surface area is 157 Å². The molecule has 0 atom stereocenters. The average Bonchev–Trinajstić information content (AvgIpc) is 2.69. The number of thiocarbonyl (C=S) groups is 1. The summed E-state index contributed by atoms with van der Waals surface area (Å²) in [4.78, 5) is 11.6. The number of benzene rings is 2. The first kappa shape index (κ1) is 16.7. The average molecular weight is 365 g/mol. The van der Waals surface area contributed by atoms with Crippen LogP contribution in [0.2, 0.25) is 0 Å². The van der Waals surface area contributed by atoms with E-state index >= 15 is 0 Å². The molecular weight excluding hydrogens is 346 g/mol. The molecule has 1 aliphatic heterocycles. The Hall–Kier alpha value is -2.77. The molecule has 1 aromatic heterocycles. The van der Waals surface area contributed by atoms with Gasteiger partial charge in [-0.1, -0.05) is 30.3 Å². The van der Waals surface area contributed by atoms with Crippen molar-refractivity contribution in [1.82, 2.24) is 9.97 Å². The van der Waals surface area contributed by atoms with Gasteiger partial charge in [0.05, 0.1) is 18.7 Å². The van der Waals surface area contributed by atoms with Crippen molar-refractivity contribution in [1.29, 1.82) is 0 Å². The molecule has 0 aliphatic carbocycles. The Balaban J connectivity index is 1.63. The fourth-order valence-corrected chi connectivity index (χ4v) is 3.07. The molecule has 7 heteroatoms. The number of fused-ring (bicyclic) bond motifs is 1. The second-order valence-electron chi connectivity index (χ2n) is 5.93. The van der Waals surface area contributed by atoms with Gasteiger partial charge < -0.3 is 20.3 Å². The predicted octanol–water partition coefficient (Wildman–Crippen LogP) is 3.28. The van der Waals surface area contributed by atoms with Crippen molar-refractivity contribution in [2.75, 3.05) is 41.8 Å². The summed E-state index contributed by atoms with van der Waals surface area (Å²) in [6, 6.07) is 17.7. The molecule has 6 nitrogen and oxygen atoms in total. The number of hydrogen-bond acceptors (Lipinski definition) is 5. The molecule has 2 heterocycles. The topological polar surface area (TPSA) is 62.3 Å². The van der Waals surface area contributed by atoms with Gasteiger partial charge in [0.15, 0.2) is 5.11 Å². The number of ether oxygens (including phenoxy) is 1. The van der Waals surface area contributed by atoms with E-state index < -0.39 is 0 Å². The molecule has 132 valence electrons. The van der Waals surface area contributed by atoms with Gasteiger partial charge in [-0.05, 0) is 36.5 Å². The van der Waals surface area contributed by atoms with E-state index in [1.54, 1.807) is 0 Å². The second kappa shape index (κ2) is 7.63. The van der Waals surface area contributed by atoms with Crippen molar-refractivity contribution in [3.63, 3.8) is 0 Å².